The van der Waals surface area contributed by atoms with Gasteiger partial charge in [0, 0.05) is 12.2 Å². The normalized spacial score (nSPS) is 19.9. The Hall–Kier alpha value is -0.980. The third-order valence-electron chi connectivity index (χ3n) is 2.94. The first-order valence-electron chi connectivity index (χ1n) is 6.02. The Bertz CT molecular complexity index is 375. The fraction of sp³-hybridized carbons (Fsp3) is 0.538. The van der Waals surface area contributed by atoms with Gasteiger partial charge in [0.05, 0.1) is 19.3 Å². The van der Waals surface area contributed by atoms with Crippen LogP contribution in [0.3, 0.4) is 0 Å². The third kappa shape index (κ3) is 3.07. The quantitative estimate of drug-likeness (QED) is 0.713. The number of hydrogen-bond donors (Lipinski definition) is 3. The van der Waals surface area contributed by atoms with Crippen LogP contribution < -0.4 is 0 Å². The van der Waals surface area contributed by atoms with Gasteiger partial charge in [-0.2, -0.15) is 0 Å². The monoisotopic (exact) mass is 254 g/mol. The van der Waals surface area contributed by atoms with E-state index in [9.17, 15) is 10.2 Å². The minimum atomic E-state index is -1.02. The Labute approximate surface area is 106 Å². The van der Waals surface area contributed by atoms with E-state index in [1.54, 1.807) is 18.2 Å². The van der Waals surface area contributed by atoms with E-state index in [-0.39, 0.29) is 13.0 Å². The first-order valence-corrected chi connectivity index (χ1v) is 6.02. The molecule has 5 nitrogen and oxygen atoms in total. The van der Waals surface area contributed by atoms with Crippen molar-refractivity contribution < 1.29 is 24.8 Å². The molecule has 1 aliphatic rings. The summed E-state index contributed by atoms with van der Waals surface area (Å²) in [5, 5.41) is 28.3. The van der Waals surface area contributed by atoms with E-state index < -0.39 is 18.5 Å². The lowest BCUT2D eigenvalue weighted by Crippen LogP contribution is -2.19. The smallest absolute Gasteiger partial charge is 0.184 e. The number of hydrogen-bond acceptors (Lipinski definition) is 5. The number of rotatable bonds is 5. The molecule has 2 unspecified atom stereocenters. The van der Waals surface area contributed by atoms with E-state index in [1.807, 2.05) is 6.07 Å². The minimum absolute atomic E-state index is 0.141. The molecule has 2 atom stereocenters. The maximum Gasteiger partial charge on any atom is 0.184 e. The highest BCUT2D eigenvalue weighted by Gasteiger charge is 2.22. The number of aliphatic hydroxyl groups excluding tert-OH is 3. The molecule has 1 heterocycles. The second-order valence-corrected chi connectivity index (χ2v) is 4.27. The first kappa shape index (κ1) is 13.5. The van der Waals surface area contributed by atoms with Crippen LogP contribution in [0.25, 0.3) is 0 Å². The van der Waals surface area contributed by atoms with E-state index in [0.717, 1.165) is 5.56 Å². The van der Waals surface area contributed by atoms with Crippen molar-refractivity contribution in [2.45, 2.75) is 24.9 Å². The molecule has 18 heavy (non-hydrogen) atoms. The molecule has 2 rings (SSSR count). The molecule has 5 heteroatoms. The van der Waals surface area contributed by atoms with E-state index in [1.165, 1.54) is 0 Å². The summed E-state index contributed by atoms with van der Waals surface area (Å²) < 4.78 is 10.8. The van der Waals surface area contributed by atoms with Gasteiger partial charge in [-0.05, 0) is 18.1 Å². The summed E-state index contributed by atoms with van der Waals surface area (Å²) in [6.07, 6.45) is -2.25. The Morgan fingerprint density at radius 3 is 2.61 bits per heavy atom. The summed E-state index contributed by atoms with van der Waals surface area (Å²) in [6, 6.07) is 7.11. The van der Waals surface area contributed by atoms with Crippen molar-refractivity contribution in [2.24, 2.45) is 0 Å². The highest BCUT2D eigenvalue weighted by atomic mass is 16.7. The summed E-state index contributed by atoms with van der Waals surface area (Å²) in [4.78, 5) is 0. The Morgan fingerprint density at radius 1 is 1.22 bits per heavy atom. The van der Waals surface area contributed by atoms with Gasteiger partial charge in [-0.15, -0.1) is 0 Å². The fourth-order valence-electron chi connectivity index (χ4n) is 1.95. The van der Waals surface area contributed by atoms with Gasteiger partial charge >= 0.3 is 0 Å². The van der Waals surface area contributed by atoms with Crippen LogP contribution in [0.1, 0.15) is 29.9 Å². The predicted octanol–water partition coefficient (Wildman–Crippen LogP) is 0.509. The fourth-order valence-corrected chi connectivity index (χ4v) is 1.95. The van der Waals surface area contributed by atoms with E-state index >= 15 is 0 Å². The lowest BCUT2D eigenvalue weighted by molar-refractivity contribution is -0.0445. The van der Waals surface area contributed by atoms with Crippen molar-refractivity contribution >= 4 is 0 Å². The molecule has 0 bridgehead atoms. The van der Waals surface area contributed by atoms with Gasteiger partial charge in [0.25, 0.3) is 0 Å². The van der Waals surface area contributed by atoms with E-state index in [4.69, 9.17) is 14.6 Å². The molecule has 1 aromatic carbocycles. The average Bonchev–Trinajstić information content (AvgIpc) is 2.92. The number of benzene rings is 1. The van der Waals surface area contributed by atoms with Crippen molar-refractivity contribution in [3.63, 3.8) is 0 Å². The molecule has 0 radical (unpaired) electrons. The number of ether oxygens (including phenoxy) is 2. The first-order chi connectivity index (χ1) is 8.72. The van der Waals surface area contributed by atoms with Gasteiger partial charge < -0.3 is 24.8 Å². The zero-order valence-corrected chi connectivity index (χ0v) is 10.0. The third-order valence-corrected chi connectivity index (χ3v) is 2.94. The summed E-state index contributed by atoms with van der Waals surface area (Å²) >= 11 is 0. The molecule has 1 saturated heterocycles. The van der Waals surface area contributed by atoms with Gasteiger partial charge in [-0.25, -0.2) is 0 Å². The molecule has 0 aliphatic carbocycles. The molecule has 0 spiro atoms. The molecule has 3 N–H and O–H groups in total. The van der Waals surface area contributed by atoms with Gasteiger partial charge in [0.2, 0.25) is 0 Å². The molecule has 100 valence electrons. The van der Waals surface area contributed by atoms with E-state index in [2.05, 4.69) is 0 Å². The molecule has 0 amide bonds. The maximum atomic E-state index is 9.94. The SMILES string of the molecule is OCCC(O)C(O)c1cccc(C2OCCO2)c1. The Balaban J connectivity index is 2.10. The lowest BCUT2D eigenvalue weighted by atomic mass is 10.0. The van der Waals surface area contributed by atoms with Crippen LogP contribution in [0.4, 0.5) is 0 Å². The summed E-state index contributed by atoms with van der Waals surface area (Å²) in [5.41, 5.74) is 1.41. The van der Waals surface area contributed by atoms with Crippen molar-refractivity contribution in [2.75, 3.05) is 19.8 Å². The second kappa shape index (κ2) is 6.26. The highest BCUT2D eigenvalue weighted by molar-refractivity contribution is 5.27. The van der Waals surface area contributed by atoms with Gasteiger partial charge in [0.15, 0.2) is 6.29 Å². The molecule has 1 aromatic rings. The van der Waals surface area contributed by atoms with Crippen LogP contribution in [0.5, 0.6) is 0 Å². The van der Waals surface area contributed by atoms with Crippen molar-refractivity contribution in [1.82, 2.24) is 0 Å². The number of aliphatic hydroxyl groups is 3. The molecule has 1 fully saturated rings. The van der Waals surface area contributed by atoms with Crippen LogP contribution >= 0.6 is 0 Å². The molecule has 1 aliphatic heterocycles. The summed E-state index contributed by atoms with van der Waals surface area (Å²) in [5.74, 6) is 0. The maximum absolute atomic E-state index is 9.94. The van der Waals surface area contributed by atoms with Gasteiger partial charge in [-0.3, -0.25) is 0 Å². The lowest BCUT2D eigenvalue weighted by Gasteiger charge is -2.18. The van der Waals surface area contributed by atoms with Crippen LogP contribution in [0, 0.1) is 0 Å². The highest BCUT2D eigenvalue weighted by Crippen LogP contribution is 2.27. The molecule has 0 saturated carbocycles. The topological polar surface area (TPSA) is 79.2 Å². The Morgan fingerprint density at radius 2 is 1.94 bits per heavy atom. The zero-order valence-electron chi connectivity index (χ0n) is 10.0. The second-order valence-electron chi connectivity index (χ2n) is 4.27. The van der Waals surface area contributed by atoms with Crippen LogP contribution in [-0.2, 0) is 9.47 Å². The Kier molecular flexibility index (Phi) is 4.68. The summed E-state index contributed by atoms with van der Waals surface area (Å²) in [7, 11) is 0. The van der Waals surface area contributed by atoms with Gasteiger partial charge in [-0.1, -0.05) is 18.2 Å². The molecular formula is C13H18O5. The molecular weight excluding hydrogens is 236 g/mol. The van der Waals surface area contributed by atoms with Gasteiger partial charge in [0.1, 0.15) is 6.10 Å². The predicted molar refractivity (Wildman–Crippen MR) is 63.8 cm³/mol. The van der Waals surface area contributed by atoms with Crippen LogP contribution in [0.2, 0.25) is 0 Å². The zero-order chi connectivity index (χ0) is 13.0. The standard InChI is InChI=1S/C13H18O5/c14-5-4-11(15)12(16)9-2-1-3-10(8-9)13-17-6-7-18-13/h1-3,8,11-16H,4-7H2. The summed E-state index contributed by atoms with van der Waals surface area (Å²) in [6.45, 7) is 0.960. The van der Waals surface area contributed by atoms with Crippen LogP contribution in [0.15, 0.2) is 24.3 Å². The van der Waals surface area contributed by atoms with E-state index in [0.29, 0.717) is 18.8 Å². The van der Waals surface area contributed by atoms with Crippen molar-refractivity contribution in [3.05, 3.63) is 35.4 Å². The largest absolute Gasteiger partial charge is 0.396 e. The minimum Gasteiger partial charge on any atom is -0.396 e. The van der Waals surface area contributed by atoms with Crippen molar-refractivity contribution in [1.29, 1.82) is 0 Å². The molecule has 0 aromatic heterocycles. The van der Waals surface area contributed by atoms with Crippen LogP contribution in [-0.4, -0.2) is 41.2 Å². The average molecular weight is 254 g/mol. The van der Waals surface area contributed by atoms with Crippen molar-refractivity contribution in [3.8, 4) is 0 Å².